The molecule has 0 N–H and O–H groups in total. The number of aromatic nitrogens is 1. The minimum atomic E-state index is -0.0853. The SMILES string of the molecule is CN(C)CCN=C1CC(=O)c2nc(C3CCCCC3)sc2C1=O. The maximum Gasteiger partial charge on any atom is 0.219 e. The zero-order valence-corrected chi connectivity index (χ0v) is 14.6. The summed E-state index contributed by atoms with van der Waals surface area (Å²) >= 11 is 1.42. The van der Waals surface area contributed by atoms with Gasteiger partial charge in [0, 0.05) is 12.5 Å². The first-order valence-electron chi connectivity index (χ1n) is 8.33. The van der Waals surface area contributed by atoms with Crippen molar-refractivity contribution in [3.8, 4) is 0 Å². The average Bonchev–Trinajstić information content (AvgIpc) is 2.99. The van der Waals surface area contributed by atoms with Crippen molar-refractivity contribution in [3.05, 3.63) is 15.6 Å². The number of ketones is 2. The van der Waals surface area contributed by atoms with Gasteiger partial charge < -0.3 is 4.90 Å². The summed E-state index contributed by atoms with van der Waals surface area (Å²) in [6.07, 6.45) is 6.06. The largest absolute Gasteiger partial charge is 0.308 e. The molecule has 1 aromatic heterocycles. The van der Waals surface area contributed by atoms with Gasteiger partial charge in [-0.2, -0.15) is 0 Å². The van der Waals surface area contributed by atoms with Gasteiger partial charge in [0.25, 0.3) is 0 Å². The number of Topliss-reactive ketones (excluding diaryl/α,β-unsaturated/α-hetero) is 2. The van der Waals surface area contributed by atoms with Gasteiger partial charge in [0.1, 0.15) is 10.6 Å². The van der Waals surface area contributed by atoms with Gasteiger partial charge in [-0.05, 0) is 26.9 Å². The molecule has 0 spiro atoms. The molecular weight excluding hydrogens is 310 g/mol. The highest BCUT2D eigenvalue weighted by molar-refractivity contribution is 7.15. The summed E-state index contributed by atoms with van der Waals surface area (Å²) < 4.78 is 0. The molecule has 1 heterocycles. The van der Waals surface area contributed by atoms with Gasteiger partial charge in [-0.1, -0.05) is 19.3 Å². The monoisotopic (exact) mass is 333 g/mol. The topological polar surface area (TPSA) is 62.6 Å². The van der Waals surface area contributed by atoms with E-state index in [2.05, 4.69) is 9.98 Å². The number of aliphatic imine (C=N–C) groups is 1. The molecular formula is C17H23N3O2S. The highest BCUT2D eigenvalue weighted by Gasteiger charge is 2.34. The van der Waals surface area contributed by atoms with E-state index >= 15 is 0 Å². The summed E-state index contributed by atoms with van der Waals surface area (Å²) in [5, 5.41) is 0.978. The Hall–Kier alpha value is -1.40. The predicted octanol–water partition coefficient (Wildman–Crippen LogP) is 2.96. The molecule has 124 valence electrons. The van der Waals surface area contributed by atoms with Crippen molar-refractivity contribution in [3.63, 3.8) is 0 Å². The predicted molar refractivity (Wildman–Crippen MR) is 92.1 cm³/mol. The molecule has 0 aromatic carbocycles. The van der Waals surface area contributed by atoms with Crippen LogP contribution < -0.4 is 0 Å². The summed E-state index contributed by atoms with van der Waals surface area (Å²) in [6, 6.07) is 0. The van der Waals surface area contributed by atoms with Crippen molar-refractivity contribution in [1.82, 2.24) is 9.88 Å². The summed E-state index contributed by atoms with van der Waals surface area (Å²) in [6.45, 7) is 1.32. The van der Waals surface area contributed by atoms with Crippen molar-refractivity contribution < 1.29 is 9.59 Å². The first-order chi connectivity index (χ1) is 11.1. The van der Waals surface area contributed by atoms with E-state index in [4.69, 9.17) is 0 Å². The molecule has 6 heteroatoms. The van der Waals surface area contributed by atoms with E-state index < -0.39 is 0 Å². The number of carbonyl (C=O) groups is 2. The zero-order chi connectivity index (χ0) is 16.4. The zero-order valence-electron chi connectivity index (χ0n) is 13.8. The quantitative estimate of drug-likeness (QED) is 0.850. The number of thiazole rings is 1. The molecule has 0 atom stereocenters. The second-order valence-corrected chi connectivity index (χ2v) is 7.66. The van der Waals surface area contributed by atoms with Gasteiger partial charge in [-0.3, -0.25) is 14.6 Å². The van der Waals surface area contributed by atoms with Gasteiger partial charge in [-0.15, -0.1) is 11.3 Å². The lowest BCUT2D eigenvalue weighted by Crippen LogP contribution is -2.27. The van der Waals surface area contributed by atoms with Crippen LogP contribution in [0.25, 0.3) is 0 Å². The van der Waals surface area contributed by atoms with E-state index in [1.54, 1.807) is 0 Å². The van der Waals surface area contributed by atoms with Crippen LogP contribution in [0.2, 0.25) is 0 Å². The van der Waals surface area contributed by atoms with E-state index in [0.29, 0.717) is 28.7 Å². The number of likely N-dealkylation sites (N-methyl/N-ethyl adjacent to an activating group) is 1. The van der Waals surface area contributed by atoms with Crippen LogP contribution in [-0.2, 0) is 0 Å². The molecule has 1 aromatic rings. The van der Waals surface area contributed by atoms with E-state index in [1.807, 2.05) is 19.0 Å². The molecule has 0 unspecified atom stereocenters. The Balaban J connectivity index is 1.81. The number of carbonyl (C=O) groups excluding carboxylic acids is 2. The number of rotatable bonds is 4. The van der Waals surface area contributed by atoms with Crippen LogP contribution in [-0.4, -0.2) is 54.3 Å². The third kappa shape index (κ3) is 3.58. The van der Waals surface area contributed by atoms with Crippen molar-refractivity contribution in [2.45, 2.75) is 44.4 Å². The number of hydrogen-bond acceptors (Lipinski definition) is 6. The van der Waals surface area contributed by atoms with Crippen LogP contribution in [0.3, 0.4) is 0 Å². The fourth-order valence-corrected chi connectivity index (χ4v) is 4.38. The van der Waals surface area contributed by atoms with E-state index in [-0.39, 0.29) is 18.0 Å². The molecule has 0 bridgehead atoms. The molecule has 2 aliphatic rings. The lowest BCUT2D eigenvalue weighted by Gasteiger charge is -2.18. The fourth-order valence-electron chi connectivity index (χ4n) is 3.16. The lowest BCUT2D eigenvalue weighted by atomic mass is 9.90. The van der Waals surface area contributed by atoms with Crippen LogP contribution >= 0.6 is 11.3 Å². The molecule has 5 nitrogen and oxygen atoms in total. The Morgan fingerprint density at radius 3 is 2.65 bits per heavy atom. The smallest absolute Gasteiger partial charge is 0.219 e. The fraction of sp³-hybridized carbons (Fsp3) is 0.647. The van der Waals surface area contributed by atoms with Crippen LogP contribution in [0.4, 0.5) is 0 Å². The summed E-state index contributed by atoms with van der Waals surface area (Å²) in [7, 11) is 3.93. The highest BCUT2D eigenvalue weighted by atomic mass is 32.1. The summed E-state index contributed by atoms with van der Waals surface area (Å²) in [5.74, 6) is 0.286. The molecule has 2 aliphatic carbocycles. The maximum absolute atomic E-state index is 12.6. The third-order valence-electron chi connectivity index (χ3n) is 4.51. The first kappa shape index (κ1) is 16.5. The van der Waals surface area contributed by atoms with Gasteiger partial charge in [0.15, 0.2) is 5.78 Å². The van der Waals surface area contributed by atoms with Crippen molar-refractivity contribution >= 4 is 28.6 Å². The number of nitrogens with zero attached hydrogens (tertiary/aromatic N) is 3. The summed E-state index contributed by atoms with van der Waals surface area (Å²) in [5.41, 5.74) is 0.801. The molecule has 0 radical (unpaired) electrons. The Morgan fingerprint density at radius 1 is 1.22 bits per heavy atom. The van der Waals surface area contributed by atoms with Crippen LogP contribution in [0.1, 0.15) is 69.6 Å². The maximum atomic E-state index is 12.6. The molecule has 0 amide bonds. The molecule has 0 saturated heterocycles. The van der Waals surface area contributed by atoms with Crippen LogP contribution in [0, 0.1) is 0 Å². The van der Waals surface area contributed by atoms with Crippen LogP contribution in [0.15, 0.2) is 4.99 Å². The molecule has 1 fully saturated rings. The third-order valence-corrected chi connectivity index (χ3v) is 5.73. The number of hydrogen-bond donors (Lipinski definition) is 0. The average molecular weight is 333 g/mol. The first-order valence-corrected chi connectivity index (χ1v) is 9.14. The van der Waals surface area contributed by atoms with E-state index in [9.17, 15) is 9.59 Å². The standard InChI is InChI=1S/C17H23N3O2S/c1-20(2)9-8-18-12-10-13(21)14-16(15(12)22)23-17(19-14)11-6-4-3-5-7-11/h11H,3-10H2,1-2H3. The Morgan fingerprint density at radius 2 is 1.96 bits per heavy atom. The minimum absolute atomic E-state index is 0.0542. The Kier molecular flexibility index (Phi) is 5.02. The van der Waals surface area contributed by atoms with Gasteiger partial charge in [-0.25, -0.2) is 4.98 Å². The van der Waals surface area contributed by atoms with Gasteiger partial charge in [0.2, 0.25) is 5.78 Å². The molecule has 23 heavy (non-hydrogen) atoms. The molecule has 3 rings (SSSR count). The van der Waals surface area contributed by atoms with E-state index in [0.717, 1.165) is 24.4 Å². The van der Waals surface area contributed by atoms with E-state index in [1.165, 1.54) is 30.6 Å². The van der Waals surface area contributed by atoms with Gasteiger partial charge in [0.05, 0.1) is 23.7 Å². The highest BCUT2D eigenvalue weighted by Crippen LogP contribution is 2.37. The summed E-state index contributed by atoms with van der Waals surface area (Å²) in [4.78, 5) is 36.4. The normalized spacial score (nSPS) is 21.3. The molecule has 1 saturated carbocycles. The number of fused-ring (bicyclic) bond motifs is 1. The Labute approximate surface area is 140 Å². The van der Waals surface area contributed by atoms with Crippen LogP contribution in [0.5, 0.6) is 0 Å². The van der Waals surface area contributed by atoms with Crippen molar-refractivity contribution in [2.75, 3.05) is 27.2 Å². The molecule has 0 aliphatic heterocycles. The lowest BCUT2D eigenvalue weighted by molar-refractivity contribution is 0.0962. The van der Waals surface area contributed by atoms with Crippen molar-refractivity contribution in [2.24, 2.45) is 4.99 Å². The Bertz CT molecular complexity index is 642. The van der Waals surface area contributed by atoms with Crippen molar-refractivity contribution in [1.29, 1.82) is 0 Å². The second-order valence-electron chi connectivity index (χ2n) is 6.63. The second kappa shape index (κ2) is 7.01. The minimum Gasteiger partial charge on any atom is -0.308 e. The van der Waals surface area contributed by atoms with Gasteiger partial charge >= 0.3 is 0 Å².